The Labute approximate surface area is 32.7 Å². The van der Waals surface area contributed by atoms with Crippen molar-refractivity contribution >= 4 is 0 Å². The molecule has 0 heterocycles. The fourth-order valence-electron chi connectivity index (χ4n) is 0. The number of nitrogens with zero attached hydrogens (tertiary/aromatic N) is 1. The van der Waals surface area contributed by atoms with Gasteiger partial charge in [0.15, 0.2) is 0 Å². The molecule has 0 unspecified atom stereocenters. The van der Waals surface area contributed by atoms with Gasteiger partial charge in [0.2, 0.25) is 0 Å². The average molecular weight is 99.0 g/mol. The summed E-state index contributed by atoms with van der Waals surface area (Å²) in [6.07, 6.45) is 0. The van der Waals surface area contributed by atoms with Crippen LogP contribution in [0.3, 0.4) is 0 Å². The molecule has 0 spiro atoms. The molecule has 0 aromatic heterocycles. The van der Waals surface area contributed by atoms with Crippen LogP contribution in [-0.2, 0) is 0 Å². The Bertz CT molecular complexity index is 26.9. The van der Waals surface area contributed by atoms with Crippen LogP contribution in [0.2, 0.25) is 0 Å². The van der Waals surface area contributed by atoms with Crippen LogP contribution in [0.4, 0.5) is 0 Å². The van der Waals surface area contributed by atoms with Crippen LogP contribution in [0.15, 0.2) is 0 Å². The van der Waals surface area contributed by atoms with E-state index in [0.29, 0.717) is 0 Å². The highest BCUT2D eigenvalue weighted by Crippen LogP contribution is 1.38. The third-order valence-corrected chi connectivity index (χ3v) is 0. The second kappa shape index (κ2) is 8.92. The zero-order valence-corrected chi connectivity index (χ0v) is 2.71. The molecule has 6 heavy (non-hydrogen) atoms. The molecule has 0 aliphatic carbocycles. The van der Waals surface area contributed by atoms with E-state index in [1.165, 1.54) is 0 Å². The van der Waals surface area contributed by atoms with Crippen molar-refractivity contribution in [3.05, 3.63) is 10.1 Å². The van der Waals surface area contributed by atoms with Crippen LogP contribution in [0.5, 0.6) is 0 Å². The molecule has 6 nitrogen and oxygen atoms in total. The van der Waals surface area contributed by atoms with Gasteiger partial charge in [-0.1, -0.05) is 0 Å². The molecule has 0 saturated heterocycles. The topological polar surface area (TPSA) is 126 Å². The minimum Gasteiger partial charge on any atom is -0.412 e. The molecule has 0 saturated carbocycles. The Morgan fingerprint density at radius 1 is 1.50 bits per heavy atom. The molecule has 0 atom stereocenters. The Kier molecular flexibility index (Phi) is 28.8. The smallest absolute Gasteiger partial charge is 0.291 e. The molecule has 40 valence electrons. The summed E-state index contributed by atoms with van der Waals surface area (Å²) in [6, 6.07) is 0. The fraction of sp³-hybridized carbons (Fsp3) is 0. The van der Waals surface area contributed by atoms with Crippen LogP contribution in [0.1, 0.15) is 0 Å². The number of rotatable bonds is 0. The molecule has 6 heteroatoms. The van der Waals surface area contributed by atoms with Crippen molar-refractivity contribution in [3.8, 4) is 0 Å². The molecule has 0 radical (unpaired) electrons. The van der Waals surface area contributed by atoms with Crippen LogP contribution < -0.4 is 0 Å². The monoisotopic (exact) mass is 99.0 g/mol. The summed E-state index contributed by atoms with van der Waals surface area (Å²) >= 11 is 0. The molecule has 5 N–H and O–H groups in total. The van der Waals surface area contributed by atoms with Crippen molar-refractivity contribution in [2.24, 2.45) is 0 Å². The lowest BCUT2D eigenvalue weighted by Crippen LogP contribution is -1.81. The molecule has 0 fully saturated rings. The lowest BCUT2D eigenvalue weighted by Gasteiger charge is -1.56. The summed E-state index contributed by atoms with van der Waals surface area (Å²) in [6.45, 7) is 0. The molecule has 0 bridgehead atoms. The van der Waals surface area contributed by atoms with E-state index in [9.17, 15) is 0 Å². The Balaban J connectivity index is -0.0000000450. The second-order valence-corrected chi connectivity index (χ2v) is 0.238. The standard InChI is InChI=1S/HNO3.2H2O/c2-1(3)4;;/h(H,2,3,4);2*1H2. The van der Waals surface area contributed by atoms with Gasteiger partial charge >= 0.3 is 0 Å². The average Bonchev–Trinajstić information content (AvgIpc) is 0.811. The van der Waals surface area contributed by atoms with Gasteiger partial charge in [-0.2, -0.15) is 0 Å². The minimum absolute atomic E-state index is 0. The minimum atomic E-state index is -1.50. The Morgan fingerprint density at radius 2 is 1.50 bits per heavy atom. The quantitative estimate of drug-likeness (QED) is 0.278. The molecule has 0 rings (SSSR count). The highest BCUT2D eigenvalue weighted by Gasteiger charge is 1.65. The van der Waals surface area contributed by atoms with Crippen LogP contribution in [-0.4, -0.2) is 21.2 Å². The predicted molar refractivity (Wildman–Crippen MR) is 16.0 cm³/mol. The lowest BCUT2D eigenvalue weighted by molar-refractivity contribution is -0.742. The van der Waals surface area contributed by atoms with Crippen LogP contribution >= 0.6 is 0 Å². The first-order valence-electron chi connectivity index (χ1n) is 0.565. The molecule has 0 aromatic carbocycles. The van der Waals surface area contributed by atoms with Crippen LogP contribution in [0.25, 0.3) is 0 Å². The van der Waals surface area contributed by atoms with E-state index in [4.69, 9.17) is 15.3 Å². The molecule has 0 aliphatic heterocycles. The van der Waals surface area contributed by atoms with E-state index < -0.39 is 5.09 Å². The van der Waals surface area contributed by atoms with E-state index >= 15 is 0 Å². The zero-order valence-electron chi connectivity index (χ0n) is 2.71. The van der Waals surface area contributed by atoms with Crippen molar-refractivity contribution in [3.63, 3.8) is 0 Å². The van der Waals surface area contributed by atoms with E-state index in [1.807, 2.05) is 0 Å². The van der Waals surface area contributed by atoms with Crippen LogP contribution in [0, 0.1) is 10.1 Å². The van der Waals surface area contributed by atoms with E-state index in [1.54, 1.807) is 0 Å². The van der Waals surface area contributed by atoms with Gasteiger partial charge in [-0.3, -0.25) is 0 Å². The third kappa shape index (κ3) is 18.1. The Morgan fingerprint density at radius 3 is 1.50 bits per heavy atom. The summed E-state index contributed by atoms with van der Waals surface area (Å²) in [5.41, 5.74) is 0. The van der Waals surface area contributed by atoms with Gasteiger partial charge in [0.1, 0.15) is 0 Å². The maximum Gasteiger partial charge on any atom is 0.291 e. The summed E-state index contributed by atoms with van der Waals surface area (Å²) in [7, 11) is 0. The number of hydrogen-bond acceptors (Lipinski definition) is 2. The molecular weight excluding hydrogens is 94.0 g/mol. The summed E-state index contributed by atoms with van der Waals surface area (Å²) in [5.74, 6) is 0. The molecule has 0 aliphatic rings. The van der Waals surface area contributed by atoms with Crippen molar-refractivity contribution < 1.29 is 21.2 Å². The summed E-state index contributed by atoms with van der Waals surface area (Å²) in [4.78, 5) is 8.36. The number of hydrogen-bond donors (Lipinski definition) is 1. The van der Waals surface area contributed by atoms with E-state index in [0.717, 1.165) is 0 Å². The van der Waals surface area contributed by atoms with Crippen molar-refractivity contribution in [2.45, 2.75) is 0 Å². The van der Waals surface area contributed by atoms with E-state index in [2.05, 4.69) is 0 Å². The van der Waals surface area contributed by atoms with Gasteiger partial charge in [0, 0.05) is 0 Å². The van der Waals surface area contributed by atoms with Gasteiger partial charge in [-0.25, -0.2) is 0 Å². The van der Waals surface area contributed by atoms with Crippen molar-refractivity contribution in [2.75, 3.05) is 0 Å². The lowest BCUT2D eigenvalue weighted by atomic mass is 13.1. The van der Waals surface area contributed by atoms with Gasteiger partial charge < -0.3 is 16.2 Å². The predicted octanol–water partition coefficient (Wildman–Crippen LogP) is -2.00. The molecular formula is H5NO5. The van der Waals surface area contributed by atoms with Gasteiger partial charge in [-0.05, 0) is 0 Å². The van der Waals surface area contributed by atoms with Gasteiger partial charge in [0.05, 0.1) is 0 Å². The fourth-order valence-corrected chi connectivity index (χ4v) is 0. The highest BCUT2D eigenvalue weighted by molar-refractivity contribution is 3.83. The maximum atomic E-state index is 8.36. The first-order chi connectivity index (χ1) is 1.73. The highest BCUT2D eigenvalue weighted by atomic mass is 16.9. The normalized spacial score (nSPS) is 4.00. The first-order valence-corrected chi connectivity index (χ1v) is 0.565. The third-order valence-electron chi connectivity index (χ3n) is 0. The molecule has 0 amide bonds. The van der Waals surface area contributed by atoms with E-state index in [-0.39, 0.29) is 11.0 Å². The van der Waals surface area contributed by atoms with Crippen molar-refractivity contribution in [1.82, 2.24) is 0 Å². The largest absolute Gasteiger partial charge is 0.412 e. The van der Waals surface area contributed by atoms with Gasteiger partial charge in [0.25, 0.3) is 5.09 Å². The Hall–Kier alpha value is -0.880. The zero-order chi connectivity index (χ0) is 3.58. The molecule has 0 aromatic rings. The van der Waals surface area contributed by atoms with Gasteiger partial charge in [-0.15, -0.1) is 10.1 Å². The van der Waals surface area contributed by atoms with Crippen molar-refractivity contribution in [1.29, 1.82) is 0 Å². The maximum absolute atomic E-state index is 8.36. The SMILES string of the molecule is O.O.O=[N+]([O-])O. The first kappa shape index (κ1) is 19.3. The summed E-state index contributed by atoms with van der Waals surface area (Å²) < 4.78 is 0. The second-order valence-electron chi connectivity index (χ2n) is 0.238. The summed E-state index contributed by atoms with van der Waals surface area (Å²) in [5, 5.41) is 13.6.